The highest BCUT2D eigenvalue weighted by Gasteiger charge is 2.41. The number of fused-ring (bicyclic) bond motifs is 1. The summed E-state index contributed by atoms with van der Waals surface area (Å²) in [5.41, 5.74) is 1.19. The van der Waals surface area contributed by atoms with Gasteiger partial charge in [0.2, 0.25) is 0 Å². The minimum Gasteiger partial charge on any atom is -0.476 e. The van der Waals surface area contributed by atoms with E-state index in [0.717, 1.165) is 31.5 Å². The topological polar surface area (TPSA) is 62.7 Å². The third-order valence-corrected chi connectivity index (χ3v) is 5.58. The Hall–Kier alpha value is -2.89. The van der Waals surface area contributed by atoms with E-state index in [2.05, 4.69) is 4.98 Å². The molecule has 2 aromatic rings. The van der Waals surface area contributed by atoms with Crippen LogP contribution in [0, 0.1) is 0 Å². The second-order valence-electron chi connectivity index (χ2n) is 8.25. The molecule has 29 heavy (non-hydrogen) atoms. The van der Waals surface area contributed by atoms with Crippen molar-refractivity contribution in [2.24, 2.45) is 0 Å². The number of benzene rings is 1. The van der Waals surface area contributed by atoms with E-state index >= 15 is 0 Å². The molecule has 2 aliphatic heterocycles. The third kappa shape index (κ3) is 3.97. The summed E-state index contributed by atoms with van der Waals surface area (Å²) in [4.78, 5) is 34.0. The summed E-state index contributed by atoms with van der Waals surface area (Å²) in [6, 6.07) is 9.21. The predicted molar refractivity (Wildman–Crippen MR) is 111 cm³/mol. The summed E-state index contributed by atoms with van der Waals surface area (Å²) < 4.78 is 5.97. The lowest BCUT2D eigenvalue weighted by atomic mass is 10.0. The number of pyridine rings is 1. The maximum Gasteiger partial charge on any atom is 0.271 e. The molecule has 3 heterocycles. The normalized spacial score (nSPS) is 18.6. The first-order chi connectivity index (χ1) is 14.0. The lowest BCUT2D eigenvalue weighted by Crippen LogP contribution is -2.52. The summed E-state index contributed by atoms with van der Waals surface area (Å²) in [5, 5.41) is 0. The molecule has 152 valence electrons. The second kappa shape index (κ2) is 7.85. The van der Waals surface area contributed by atoms with Crippen LogP contribution < -0.4 is 9.64 Å². The van der Waals surface area contributed by atoms with Gasteiger partial charge in [-0.05, 0) is 56.5 Å². The van der Waals surface area contributed by atoms with Crippen molar-refractivity contribution in [3.63, 3.8) is 0 Å². The van der Waals surface area contributed by atoms with E-state index in [1.165, 1.54) is 12.8 Å². The molecular formula is C23H27N3O3. The zero-order valence-corrected chi connectivity index (χ0v) is 17.1. The number of hydrogen-bond acceptors (Lipinski definition) is 4. The average molecular weight is 393 g/mol. The van der Waals surface area contributed by atoms with Crippen molar-refractivity contribution in [2.75, 3.05) is 18.0 Å². The summed E-state index contributed by atoms with van der Waals surface area (Å²) >= 11 is 0. The Balaban J connectivity index is 1.68. The number of ether oxygens (including phenoxy) is 1. The van der Waals surface area contributed by atoms with Crippen molar-refractivity contribution in [2.45, 2.75) is 51.7 Å². The molecule has 0 atom stereocenters. The third-order valence-electron chi connectivity index (χ3n) is 5.58. The van der Waals surface area contributed by atoms with Gasteiger partial charge in [-0.15, -0.1) is 0 Å². The minimum absolute atomic E-state index is 0.0216. The number of carbonyl (C=O) groups excluding carboxylic acids is 2. The van der Waals surface area contributed by atoms with Gasteiger partial charge in [0.05, 0.1) is 12.2 Å². The van der Waals surface area contributed by atoms with Gasteiger partial charge in [-0.3, -0.25) is 14.6 Å². The van der Waals surface area contributed by atoms with Crippen LogP contribution in [0.4, 0.5) is 5.69 Å². The van der Waals surface area contributed by atoms with E-state index in [4.69, 9.17) is 4.74 Å². The molecule has 2 amide bonds. The Morgan fingerprint density at radius 3 is 2.59 bits per heavy atom. The zero-order valence-electron chi connectivity index (χ0n) is 17.1. The van der Waals surface area contributed by atoms with Crippen molar-refractivity contribution >= 4 is 17.5 Å². The monoisotopic (exact) mass is 393 g/mol. The Morgan fingerprint density at radius 1 is 1.14 bits per heavy atom. The predicted octanol–water partition coefficient (Wildman–Crippen LogP) is 3.80. The van der Waals surface area contributed by atoms with Crippen LogP contribution in [0.5, 0.6) is 5.75 Å². The van der Waals surface area contributed by atoms with Crippen LogP contribution in [-0.4, -0.2) is 40.4 Å². The lowest BCUT2D eigenvalue weighted by molar-refractivity contribution is -0.132. The molecule has 0 unspecified atom stereocenters. The highest BCUT2D eigenvalue weighted by atomic mass is 16.5. The number of likely N-dealkylation sites (tertiary alicyclic amines) is 1. The van der Waals surface area contributed by atoms with Gasteiger partial charge in [0.15, 0.2) is 5.60 Å². The first-order valence-electron chi connectivity index (χ1n) is 10.3. The molecule has 1 fully saturated rings. The van der Waals surface area contributed by atoms with E-state index in [1.807, 2.05) is 23.1 Å². The number of nitrogens with zero attached hydrogens (tertiary/aromatic N) is 3. The molecule has 6 heteroatoms. The van der Waals surface area contributed by atoms with Crippen LogP contribution >= 0.6 is 0 Å². The van der Waals surface area contributed by atoms with E-state index in [0.29, 0.717) is 23.5 Å². The molecule has 0 saturated carbocycles. The number of aromatic nitrogens is 1. The molecule has 0 bridgehead atoms. The van der Waals surface area contributed by atoms with E-state index < -0.39 is 5.60 Å². The number of anilines is 1. The first-order valence-corrected chi connectivity index (χ1v) is 10.3. The SMILES string of the molecule is CC1(C)Oc2ccc(C(=O)N3CCCCCC3)cc2N(Cc2cccnc2)C1=O. The van der Waals surface area contributed by atoms with Crippen LogP contribution in [0.25, 0.3) is 0 Å². The molecule has 0 N–H and O–H groups in total. The molecule has 0 aliphatic carbocycles. The molecule has 0 radical (unpaired) electrons. The summed E-state index contributed by atoms with van der Waals surface area (Å²) in [5.74, 6) is 0.507. The number of amides is 2. The Labute approximate surface area is 171 Å². The first kappa shape index (κ1) is 19.4. The molecule has 1 aromatic carbocycles. The largest absolute Gasteiger partial charge is 0.476 e. The smallest absolute Gasteiger partial charge is 0.271 e. The summed E-state index contributed by atoms with van der Waals surface area (Å²) in [7, 11) is 0. The Kier molecular flexibility index (Phi) is 5.26. The van der Waals surface area contributed by atoms with E-state index in [1.54, 1.807) is 43.3 Å². The van der Waals surface area contributed by atoms with Crippen LogP contribution in [0.3, 0.4) is 0 Å². The van der Waals surface area contributed by atoms with Gasteiger partial charge in [0, 0.05) is 31.0 Å². The van der Waals surface area contributed by atoms with Crippen molar-refractivity contribution in [3.8, 4) is 5.75 Å². The van der Waals surface area contributed by atoms with Gasteiger partial charge in [-0.2, -0.15) is 0 Å². The molecule has 1 aromatic heterocycles. The van der Waals surface area contributed by atoms with Gasteiger partial charge >= 0.3 is 0 Å². The zero-order chi connectivity index (χ0) is 20.4. The quantitative estimate of drug-likeness (QED) is 0.796. The van der Waals surface area contributed by atoms with Crippen molar-refractivity contribution in [1.82, 2.24) is 9.88 Å². The standard InChI is InChI=1S/C23H27N3O3/c1-23(2)22(28)26(16-17-8-7-11-24-15-17)19-14-18(9-10-20(19)29-23)21(27)25-12-5-3-4-6-13-25/h7-11,14-15H,3-6,12-13,16H2,1-2H3. The van der Waals surface area contributed by atoms with E-state index in [9.17, 15) is 9.59 Å². The van der Waals surface area contributed by atoms with Crippen molar-refractivity contribution in [1.29, 1.82) is 0 Å². The Morgan fingerprint density at radius 2 is 1.90 bits per heavy atom. The number of hydrogen-bond donors (Lipinski definition) is 0. The molecule has 0 spiro atoms. The maximum atomic E-state index is 13.1. The fraction of sp³-hybridized carbons (Fsp3) is 0.435. The van der Waals surface area contributed by atoms with Crippen LogP contribution in [-0.2, 0) is 11.3 Å². The Bertz CT molecular complexity index is 903. The summed E-state index contributed by atoms with van der Waals surface area (Å²) in [6.45, 7) is 5.50. The summed E-state index contributed by atoms with van der Waals surface area (Å²) in [6.07, 6.45) is 7.88. The van der Waals surface area contributed by atoms with Crippen LogP contribution in [0.15, 0.2) is 42.7 Å². The maximum absolute atomic E-state index is 13.1. The molecule has 2 aliphatic rings. The van der Waals surface area contributed by atoms with Crippen LogP contribution in [0.1, 0.15) is 55.5 Å². The molecular weight excluding hydrogens is 366 g/mol. The lowest BCUT2D eigenvalue weighted by Gasteiger charge is -2.39. The highest BCUT2D eigenvalue weighted by molar-refractivity contribution is 6.04. The van der Waals surface area contributed by atoms with Gasteiger partial charge in [0.25, 0.3) is 11.8 Å². The van der Waals surface area contributed by atoms with E-state index in [-0.39, 0.29) is 11.8 Å². The fourth-order valence-corrected chi connectivity index (χ4v) is 3.99. The second-order valence-corrected chi connectivity index (χ2v) is 8.25. The minimum atomic E-state index is -0.967. The molecule has 6 nitrogen and oxygen atoms in total. The highest BCUT2D eigenvalue weighted by Crippen LogP contribution is 2.39. The average Bonchev–Trinajstić information content (AvgIpc) is 3.01. The number of rotatable bonds is 3. The van der Waals surface area contributed by atoms with Gasteiger partial charge in [-0.1, -0.05) is 18.9 Å². The van der Waals surface area contributed by atoms with Gasteiger partial charge < -0.3 is 14.5 Å². The van der Waals surface area contributed by atoms with Gasteiger partial charge in [-0.25, -0.2) is 0 Å². The van der Waals surface area contributed by atoms with Crippen molar-refractivity contribution in [3.05, 3.63) is 53.9 Å². The van der Waals surface area contributed by atoms with Crippen LogP contribution in [0.2, 0.25) is 0 Å². The molecule has 1 saturated heterocycles. The van der Waals surface area contributed by atoms with Gasteiger partial charge in [0.1, 0.15) is 5.75 Å². The number of carbonyl (C=O) groups is 2. The fourth-order valence-electron chi connectivity index (χ4n) is 3.99. The van der Waals surface area contributed by atoms with Crippen molar-refractivity contribution < 1.29 is 14.3 Å². The molecule has 4 rings (SSSR count).